The molecule has 0 spiro atoms. The first-order chi connectivity index (χ1) is 20.3. The van der Waals surface area contributed by atoms with Crippen molar-refractivity contribution in [3.63, 3.8) is 0 Å². The van der Waals surface area contributed by atoms with Gasteiger partial charge in [0.2, 0.25) is 0 Å². The molecule has 2 aliphatic rings. The Morgan fingerprint density at radius 1 is 1.12 bits per heavy atom. The van der Waals surface area contributed by atoms with E-state index in [1.165, 1.54) is 36.2 Å². The van der Waals surface area contributed by atoms with Gasteiger partial charge >= 0.3 is 5.97 Å². The number of likely N-dealkylation sites (tertiary alicyclic amines) is 1. The lowest BCUT2D eigenvalue weighted by atomic mass is 9.99. The van der Waals surface area contributed by atoms with E-state index >= 15 is 0 Å². The number of rotatable bonds is 6. The summed E-state index contributed by atoms with van der Waals surface area (Å²) in [6, 6.07) is 17.5. The lowest BCUT2D eigenvalue weighted by Gasteiger charge is -2.16. The first kappa shape index (κ1) is 30.6. The van der Waals surface area contributed by atoms with Gasteiger partial charge in [-0.25, -0.2) is 18.6 Å². The molecule has 3 aromatic carbocycles. The quantitative estimate of drug-likeness (QED) is 0.305. The van der Waals surface area contributed by atoms with Crippen molar-refractivity contribution >= 4 is 17.0 Å². The predicted molar refractivity (Wildman–Crippen MR) is 154 cm³/mol. The number of imidazole rings is 1. The minimum Gasteiger partial charge on any atom is -0.492 e. The molecule has 2 aliphatic heterocycles. The van der Waals surface area contributed by atoms with Crippen molar-refractivity contribution in [2.45, 2.75) is 32.2 Å². The molecule has 0 amide bonds. The molecule has 1 unspecified atom stereocenters. The van der Waals surface area contributed by atoms with E-state index in [0.717, 1.165) is 55.6 Å². The molecule has 0 radical (unpaired) electrons. The molecule has 220 valence electrons. The second-order valence-corrected chi connectivity index (χ2v) is 10.0. The van der Waals surface area contributed by atoms with Crippen molar-refractivity contribution in [2.24, 2.45) is 7.05 Å². The van der Waals surface area contributed by atoms with Crippen LogP contribution in [0.4, 0.5) is 8.78 Å². The summed E-state index contributed by atoms with van der Waals surface area (Å²) in [4.78, 5) is 18.2. The van der Waals surface area contributed by atoms with Crippen LogP contribution in [0.2, 0.25) is 0 Å². The van der Waals surface area contributed by atoms with Crippen LogP contribution in [0.25, 0.3) is 11.0 Å². The molecule has 0 bridgehead atoms. The Kier molecular flexibility index (Phi) is 10.6. The normalized spacial score (nSPS) is 15.9. The van der Waals surface area contributed by atoms with Crippen LogP contribution in [0.5, 0.6) is 5.75 Å². The molecule has 1 atom stereocenters. The first-order valence-electron chi connectivity index (χ1n) is 13.9. The summed E-state index contributed by atoms with van der Waals surface area (Å²) in [5.41, 5.74) is 3.31. The minimum atomic E-state index is -0.934. The largest absolute Gasteiger partial charge is 0.492 e. The number of carboxylic acids is 1. The third-order valence-corrected chi connectivity index (χ3v) is 7.14. The average molecular weight is 577 g/mol. The second kappa shape index (κ2) is 14.5. The summed E-state index contributed by atoms with van der Waals surface area (Å²) in [5.74, 6) is 0.197. The molecule has 2 fully saturated rings. The highest BCUT2D eigenvalue weighted by Gasteiger charge is 2.25. The molecule has 0 saturated carbocycles. The lowest BCUT2D eigenvalue weighted by Crippen LogP contribution is -2.21. The van der Waals surface area contributed by atoms with Crippen LogP contribution in [0.15, 0.2) is 60.7 Å². The van der Waals surface area contributed by atoms with Gasteiger partial charge in [0.25, 0.3) is 0 Å². The maximum atomic E-state index is 13.1. The fraction of sp³-hybridized carbons (Fsp3) is 0.344. The zero-order valence-electron chi connectivity index (χ0n) is 23.7. The van der Waals surface area contributed by atoms with E-state index < -0.39 is 11.8 Å². The summed E-state index contributed by atoms with van der Waals surface area (Å²) in [5, 5.41) is 17.7. The van der Waals surface area contributed by atoms with Gasteiger partial charge in [-0.2, -0.15) is 5.26 Å². The smallest absolute Gasteiger partial charge is 0.335 e. The number of fused-ring (bicyclic) bond motifs is 1. The maximum Gasteiger partial charge on any atom is 0.335 e. The van der Waals surface area contributed by atoms with Gasteiger partial charge in [0.15, 0.2) is 0 Å². The lowest BCUT2D eigenvalue weighted by molar-refractivity contribution is 0.0367. The summed E-state index contributed by atoms with van der Waals surface area (Å²) in [6.45, 7) is 6.87. The topological polar surface area (TPSA) is 101 Å². The van der Waals surface area contributed by atoms with E-state index in [0.29, 0.717) is 24.8 Å². The van der Waals surface area contributed by atoms with Gasteiger partial charge < -0.3 is 19.1 Å². The SMILES string of the molecule is C1COC1.CCOc1ccc(F)cc1C#N.Cn1c(CN2CCC(c3ccc(F)cc3)C2)nc2ccc(C(=O)O)cc21. The highest BCUT2D eigenvalue weighted by molar-refractivity contribution is 5.92. The van der Waals surface area contributed by atoms with E-state index in [1.807, 2.05) is 36.7 Å². The number of nitrogens with zero attached hydrogens (tertiary/aromatic N) is 4. The van der Waals surface area contributed by atoms with Crippen molar-refractivity contribution in [3.05, 3.63) is 94.8 Å². The third kappa shape index (κ3) is 7.90. The first-order valence-corrected chi connectivity index (χ1v) is 13.9. The van der Waals surface area contributed by atoms with E-state index in [-0.39, 0.29) is 16.9 Å². The summed E-state index contributed by atoms with van der Waals surface area (Å²) < 4.78 is 37.5. The van der Waals surface area contributed by atoms with Crippen molar-refractivity contribution in [3.8, 4) is 11.8 Å². The van der Waals surface area contributed by atoms with Gasteiger partial charge in [0, 0.05) is 26.8 Å². The number of nitriles is 1. The molecular weight excluding hydrogens is 542 g/mol. The molecule has 0 aliphatic carbocycles. The van der Waals surface area contributed by atoms with Crippen molar-refractivity contribution in [1.29, 1.82) is 5.26 Å². The molecule has 1 N–H and O–H groups in total. The number of aromatic carboxylic acids is 1. The van der Waals surface area contributed by atoms with E-state index in [1.54, 1.807) is 18.2 Å². The molecule has 3 heterocycles. The molecular formula is C32H34F2N4O4. The van der Waals surface area contributed by atoms with Crippen molar-refractivity contribution in [1.82, 2.24) is 14.5 Å². The standard InChI is InChI=1S/C20H20FN3O2.C9H8FNO.C3H6O/c1-23-18-10-14(20(25)26)4-7-17(18)22-19(23)12-24-9-8-15(11-24)13-2-5-16(21)6-3-13;1-2-12-9-4-3-8(10)5-7(9)6-11;1-2-4-3-1/h2-7,10,15H,8-9,11-12H2,1H3,(H,25,26);3-5H,2H2,1H3;1-3H2. The van der Waals surface area contributed by atoms with Gasteiger partial charge in [-0.05, 0) is 86.3 Å². The van der Waals surface area contributed by atoms with Gasteiger partial charge in [-0.1, -0.05) is 12.1 Å². The van der Waals surface area contributed by atoms with E-state index in [2.05, 4.69) is 9.88 Å². The molecule has 4 aromatic rings. The molecule has 2 saturated heterocycles. The zero-order valence-corrected chi connectivity index (χ0v) is 23.7. The summed E-state index contributed by atoms with van der Waals surface area (Å²) in [6.07, 6.45) is 2.32. The number of halogens is 2. The Bertz CT molecular complexity index is 1540. The summed E-state index contributed by atoms with van der Waals surface area (Å²) in [7, 11) is 1.92. The average Bonchev–Trinajstić information content (AvgIpc) is 3.54. The van der Waals surface area contributed by atoms with Crippen molar-refractivity contribution in [2.75, 3.05) is 32.9 Å². The van der Waals surface area contributed by atoms with Crippen LogP contribution in [0, 0.1) is 23.0 Å². The molecule has 6 rings (SSSR count). The highest BCUT2D eigenvalue weighted by Crippen LogP contribution is 2.29. The summed E-state index contributed by atoms with van der Waals surface area (Å²) >= 11 is 0. The maximum absolute atomic E-state index is 13.1. The predicted octanol–water partition coefficient (Wildman–Crippen LogP) is 5.90. The van der Waals surface area contributed by atoms with Gasteiger partial charge in [0.05, 0.1) is 35.3 Å². The number of carbonyl (C=O) groups is 1. The Morgan fingerprint density at radius 2 is 1.81 bits per heavy atom. The Hall–Kier alpha value is -4.33. The Labute approximate surface area is 243 Å². The molecule has 42 heavy (non-hydrogen) atoms. The molecule has 10 heteroatoms. The molecule has 8 nitrogen and oxygen atoms in total. The van der Waals surface area contributed by atoms with E-state index in [9.17, 15) is 13.6 Å². The minimum absolute atomic E-state index is 0.205. The third-order valence-electron chi connectivity index (χ3n) is 7.14. The van der Waals surface area contributed by atoms with Gasteiger partial charge in [-0.15, -0.1) is 0 Å². The number of ether oxygens (including phenoxy) is 2. The molecule has 1 aromatic heterocycles. The second-order valence-electron chi connectivity index (χ2n) is 10.0. The number of carboxylic acid groups (broad SMARTS) is 1. The zero-order chi connectivity index (χ0) is 30.1. The van der Waals surface area contributed by atoms with Crippen LogP contribution in [0.3, 0.4) is 0 Å². The number of aromatic nitrogens is 2. The number of benzene rings is 3. The number of hydrogen-bond acceptors (Lipinski definition) is 6. The van der Waals surface area contributed by atoms with Crippen LogP contribution in [-0.4, -0.2) is 58.4 Å². The fourth-order valence-electron chi connectivity index (χ4n) is 4.71. The van der Waals surface area contributed by atoms with Gasteiger partial charge in [0.1, 0.15) is 29.3 Å². The fourth-order valence-corrected chi connectivity index (χ4v) is 4.71. The van der Waals surface area contributed by atoms with Gasteiger partial charge in [-0.3, -0.25) is 4.90 Å². The van der Waals surface area contributed by atoms with Crippen molar-refractivity contribution < 1.29 is 28.2 Å². The monoisotopic (exact) mass is 576 g/mol. The van der Waals surface area contributed by atoms with Crippen LogP contribution in [-0.2, 0) is 18.3 Å². The number of aryl methyl sites for hydroxylation is 1. The Morgan fingerprint density at radius 3 is 2.43 bits per heavy atom. The Balaban J connectivity index is 0.000000209. The van der Waals surface area contributed by atoms with Crippen LogP contribution < -0.4 is 4.74 Å². The highest BCUT2D eigenvalue weighted by atomic mass is 19.1. The number of hydrogen-bond donors (Lipinski definition) is 1. The van der Waals surface area contributed by atoms with Crippen LogP contribution in [0.1, 0.15) is 53.0 Å². The van der Waals surface area contributed by atoms with Crippen LogP contribution >= 0.6 is 0 Å². The van der Waals surface area contributed by atoms with E-state index in [4.69, 9.17) is 19.8 Å².